The van der Waals surface area contributed by atoms with E-state index in [1.165, 1.54) is 11.3 Å². The monoisotopic (exact) mass is 200 g/mol. The van der Waals surface area contributed by atoms with Crippen LogP contribution in [0.4, 0.5) is 0 Å². The van der Waals surface area contributed by atoms with Crippen molar-refractivity contribution in [2.24, 2.45) is 0 Å². The molecule has 2 aromatic heterocycles. The molecule has 62 valence electrons. The highest BCUT2D eigenvalue weighted by atomic mass is 35.5. The number of H-pyrrole nitrogens is 1. The van der Waals surface area contributed by atoms with Crippen LogP contribution in [0.15, 0.2) is 16.2 Å². The molecule has 0 aliphatic carbocycles. The molecular formula is C7H5ClN2OS. The van der Waals surface area contributed by atoms with E-state index >= 15 is 0 Å². The van der Waals surface area contributed by atoms with E-state index in [2.05, 4.69) is 9.97 Å². The lowest BCUT2D eigenvalue weighted by Gasteiger charge is -1.93. The predicted octanol–water partition coefficient (Wildman–Crippen LogP) is 1.72. The number of hydrogen-bond acceptors (Lipinski definition) is 3. The SMILES string of the molecule is O=c1[nH]c(CCl)nc2sccc12. The number of rotatable bonds is 1. The van der Waals surface area contributed by atoms with Crippen molar-refractivity contribution in [1.29, 1.82) is 0 Å². The fraction of sp³-hybridized carbons (Fsp3) is 0.143. The molecule has 2 rings (SSSR count). The summed E-state index contributed by atoms with van der Waals surface area (Å²) in [6.07, 6.45) is 0. The minimum absolute atomic E-state index is 0.114. The Balaban J connectivity index is 2.84. The average Bonchev–Trinajstić information content (AvgIpc) is 2.52. The van der Waals surface area contributed by atoms with E-state index in [4.69, 9.17) is 11.6 Å². The standard InChI is InChI=1S/C7H5ClN2OS/c8-3-5-9-6(11)4-1-2-12-7(4)10-5/h1-2H,3H2,(H,9,10,11). The highest BCUT2D eigenvalue weighted by Crippen LogP contribution is 2.14. The molecule has 0 saturated heterocycles. The summed E-state index contributed by atoms with van der Waals surface area (Å²) >= 11 is 6.98. The fourth-order valence-electron chi connectivity index (χ4n) is 0.973. The minimum atomic E-state index is -0.114. The topological polar surface area (TPSA) is 45.8 Å². The summed E-state index contributed by atoms with van der Waals surface area (Å²) < 4.78 is 0. The molecule has 0 amide bonds. The molecule has 0 atom stereocenters. The van der Waals surface area contributed by atoms with Crippen LogP contribution < -0.4 is 5.56 Å². The van der Waals surface area contributed by atoms with Gasteiger partial charge in [0, 0.05) is 0 Å². The maximum Gasteiger partial charge on any atom is 0.259 e. The van der Waals surface area contributed by atoms with Crippen molar-refractivity contribution in [1.82, 2.24) is 9.97 Å². The maximum absolute atomic E-state index is 11.3. The van der Waals surface area contributed by atoms with Crippen LogP contribution in [0.2, 0.25) is 0 Å². The van der Waals surface area contributed by atoms with Crippen LogP contribution in [0, 0.1) is 0 Å². The van der Waals surface area contributed by atoms with Crippen molar-refractivity contribution < 1.29 is 0 Å². The lowest BCUT2D eigenvalue weighted by molar-refractivity contribution is 1.04. The molecule has 2 heterocycles. The quantitative estimate of drug-likeness (QED) is 0.713. The summed E-state index contributed by atoms with van der Waals surface area (Å²) in [5.41, 5.74) is -0.114. The van der Waals surface area contributed by atoms with Crippen LogP contribution in [0.25, 0.3) is 10.2 Å². The molecule has 0 radical (unpaired) electrons. The van der Waals surface area contributed by atoms with Gasteiger partial charge in [-0.3, -0.25) is 4.79 Å². The largest absolute Gasteiger partial charge is 0.309 e. The number of fused-ring (bicyclic) bond motifs is 1. The van der Waals surface area contributed by atoms with E-state index < -0.39 is 0 Å². The first kappa shape index (κ1) is 7.76. The normalized spacial score (nSPS) is 10.8. The summed E-state index contributed by atoms with van der Waals surface area (Å²) in [7, 11) is 0. The first-order chi connectivity index (χ1) is 5.81. The van der Waals surface area contributed by atoms with Gasteiger partial charge in [-0.25, -0.2) is 4.98 Å². The van der Waals surface area contributed by atoms with E-state index in [-0.39, 0.29) is 11.4 Å². The van der Waals surface area contributed by atoms with Gasteiger partial charge in [-0.15, -0.1) is 22.9 Å². The Kier molecular flexibility index (Phi) is 1.86. The summed E-state index contributed by atoms with van der Waals surface area (Å²) in [5.74, 6) is 0.764. The van der Waals surface area contributed by atoms with Gasteiger partial charge >= 0.3 is 0 Å². The van der Waals surface area contributed by atoms with Crippen LogP contribution >= 0.6 is 22.9 Å². The molecule has 0 bridgehead atoms. The van der Waals surface area contributed by atoms with Crippen molar-refractivity contribution in [3.63, 3.8) is 0 Å². The number of halogens is 1. The van der Waals surface area contributed by atoms with Gasteiger partial charge in [0.05, 0.1) is 11.3 Å². The van der Waals surface area contributed by atoms with Crippen molar-refractivity contribution in [3.8, 4) is 0 Å². The first-order valence-corrected chi connectivity index (χ1v) is 4.75. The van der Waals surface area contributed by atoms with E-state index in [1.807, 2.05) is 5.38 Å². The number of thiophene rings is 1. The van der Waals surface area contributed by atoms with Crippen molar-refractivity contribution >= 4 is 33.2 Å². The second-order valence-electron chi connectivity index (χ2n) is 2.29. The second kappa shape index (κ2) is 2.88. The Hall–Kier alpha value is -0.870. The molecule has 0 fully saturated rings. The zero-order chi connectivity index (χ0) is 8.55. The van der Waals surface area contributed by atoms with E-state index in [0.717, 1.165) is 4.83 Å². The molecule has 12 heavy (non-hydrogen) atoms. The van der Waals surface area contributed by atoms with Crippen LogP contribution in [0.1, 0.15) is 5.82 Å². The molecule has 0 spiro atoms. The predicted molar refractivity (Wildman–Crippen MR) is 49.8 cm³/mol. The number of nitrogens with one attached hydrogen (secondary N) is 1. The molecule has 1 N–H and O–H groups in total. The number of aromatic nitrogens is 2. The molecule has 0 aromatic carbocycles. The molecule has 3 nitrogen and oxygen atoms in total. The van der Waals surface area contributed by atoms with E-state index in [9.17, 15) is 4.79 Å². The molecule has 0 aliphatic heterocycles. The van der Waals surface area contributed by atoms with Gasteiger partial charge in [-0.05, 0) is 11.4 Å². The van der Waals surface area contributed by atoms with Crippen molar-refractivity contribution in [2.75, 3.05) is 0 Å². The summed E-state index contributed by atoms with van der Waals surface area (Å²) in [5, 5.41) is 2.47. The summed E-state index contributed by atoms with van der Waals surface area (Å²) in [6, 6.07) is 1.75. The van der Waals surface area contributed by atoms with Gasteiger partial charge in [0.2, 0.25) is 0 Å². The summed E-state index contributed by atoms with van der Waals surface area (Å²) in [4.78, 5) is 18.8. The van der Waals surface area contributed by atoms with Gasteiger partial charge in [-0.2, -0.15) is 0 Å². The van der Waals surface area contributed by atoms with Gasteiger partial charge in [0.1, 0.15) is 10.7 Å². The third-order valence-electron chi connectivity index (χ3n) is 1.51. The van der Waals surface area contributed by atoms with Gasteiger partial charge < -0.3 is 4.98 Å². The first-order valence-electron chi connectivity index (χ1n) is 3.33. The molecule has 0 unspecified atom stereocenters. The zero-order valence-electron chi connectivity index (χ0n) is 6.00. The third-order valence-corrected chi connectivity index (χ3v) is 2.57. The number of nitrogens with zero attached hydrogens (tertiary/aromatic N) is 1. The Bertz CT molecular complexity index is 462. The smallest absolute Gasteiger partial charge is 0.259 e. The van der Waals surface area contributed by atoms with Crippen LogP contribution in [0.5, 0.6) is 0 Å². The highest BCUT2D eigenvalue weighted by molar-refractivity contribution is 7.16. The highest BCUT2D eigenvalue weighted by Gasteiger charge is 2.02. The number of hydrogen-bond donors (Lipinski definition) is 1. The average molecular weight is 201 g/mol. The lowest BCUT2D eigenvalue weighted by atomic mass is 10.4. The Morgan fingerprint density at radius 3 is 3.25 bits per heavy atom. The molecule has 5 heteroatoms. The second-order valence-corrected chi connectivity index (χ2v) is 3.45. The molecule has 0 aliphatic rings. The Morgan fingerprint density at radius 2 is 2.50 bits per heavy atom. The van der Waals surface area contributed by atoms with Crippen molar-refractivity contribution in [3.05, 3.63) is 27.6 Å². The Morgan fingerprint density at radius 1 is 1.67 bits per heavy atom. The van der Waals surface area contributed by atoms with E-state index in [0.29, 0.717) is 11.2 Å². The lowest BCUT2D eigenvalue weighted by Crippen LogP contribution is -2.09. The number of alkyl halides is 1. The minimum Gasteiger partial charge on any atom is -0.309 e. The molecular weight excluding hydrogens is 196 g/mol. The molecule has 0 saturated carbocycles. The number of aromatic amines is 1. The summed E-state index contributed by atoms with van der Waals surface area (Å²) in [6.45, 7) is 0. The Labute approximate surface area is 77.0 Å². The van der Waals surface area contributed by atoms with Crippen LogP contribution in [-0.4, -0.2) is 9.97 Å². The molecule has 2 aromatic rings. The van der Waals surface area contributed by atoms with Gasteiger partial charge in [0.15, 0.2) is 0 Å². The fourth-order valence-corrected chi connectivity index (χ4v) is 1.88. The van der Waals surface area contributed by atoms with Crippen LogP contribution in [-0.2, 0) is 5.88 Å². The van der Waals surface area contributed by atoms with E-state index in [1.54, 1.807) is 6.07 Å². The zero-order valence-corrected chi connectivity index (χ0v) is 7.58. The maximum atomic E-state index is 11.3. The van der Waals surface area contributed by atoms with Gasteiger partial charge in [0.25, 0.3) is 5.56 Å². The van der Waals surface area contributed by atoms with Crippen LogP contribution in [0.3, 0.4) is 0 Å². The third kappa shape index (κ3) is 1.13. The van der Waals surface area contributed by atoms with Crippen molar-refractivity contribution in [2.45, 2.75) is 5.88 Å². The van der Waals surface area contributed by atoms with Gasteiger partial charge in [-0.1, -0.05) is 0 Å².